The highest BCUT2D eigenvalue weighted by Gasteiger charge is 2.28. The van der Waals surface area contributed by atoms with Gasteiger partial charge in [-0.15, -0.1) is 0 Å². The third kappa shape index (κ3) is 5.53. The van der Waals surface area contributed by atoms with Crippen molar-refractivity contribution in [2.24, 2.45) is 0 Å². The van der Waals surface area contributed by atoms with E-state index < -0.39 is 0 Å². The number of rotatable bonds is 3. The zero-order valence-corrected chi connectivity index (χ0v) is 20.1. The largest absolute Gasteiger partial charge is 0.399 e. The minimum atomic E-state index is 0.0246. The van der Waals surface area contributed by atoms with E-state index in [0.717, 1.165) is 37.1 Å². The third-order valence-electron chi connectivity index (χ3n) is 5.46. The molecule has 2 aromatic carbocycles. The summed E-state index contributed by atoms with van der Waals surface area (Å²) < 4.78 is 1.86. The van der Waals surface area contributed by atoms with Gasteiger partial charge in [0.05, 0.1) is 15.9 Å². The van der Waals surface area contributed by atoms with Gasteiger partial charge in [-0.25, -0.2) is 15.0 Å². The van der Waals surface area contributed by atoms with Crippen LogP contribution in [0.1, 0.15) is 49.2 Å². The maximum atomic E-state index is 12.6. The molecule has 0 atom stereocenters. The van der Waals surface area contributed by atoms with Crippen LogP contribution < -0.4 is 22.8 Å². The van der Waals surface area contributed by atoms with Crippen LogP contribution in [0.2, 0.25) is 5.02 Å². The van der Waals surface area contributed by atoms with Crippen LogP contribution in [0.15, 0.2) is 53.6 Å². The predicted octanol–water partition coefficient (Wildman–Crippen LogP) is 3.96. The Balaban J connectivity index is 0.000000165. The number of hydrogen-bond donors (Lipinski definition) is 3. The van der Waals surface area contributed by atoms with Crippen LogP contribution in [0.5, 0.6) is 0 Å². The Labute approximate surface area is 208 Å². The highest BCUT2D eigenvalue weighted by molar-refractivity contribution is 6.35. The molecule has 1 aliphatic rings. The molecule has 1 fully saturated rings. The van der Waals surface area contributed by atoms with Crippen molar-refractivity contribution >= 4 is 39.8 Å². The summed E-state index contributed by atoms with van der Waals surface area (Å²) in [6.07, 6.45) is 5.29. The summed E-state index contributed by atoms with van der Waals surface area (Å²) in [5.74, 6) is 7.20. The number of benzene rings is 2. The van der Waals surface area contributed by atoms with E-state index in [0.29, 0.717) is 33.2 Å². The molecule has 0 spiro atoms. The Morgan fingerprint density at radius 3 is 2.43 bits per heavy atom. The lowest BCUT2D eigenvalue weighted by atomic mass is 10.2. The molecule has 6 N–H and O–H groups in total. The minimum absolute atomic E-state index is 0.0246. The fraction of sp³-hybridized carbons (Fsp3) is 0.231. The van der Waals surface area contributed by atoms with Gasteiger partial charge in [-0.3, -0.25) is 9.36 Å². The standard InChI is InChI=1S/C14H15ClN2O.C12H11N5/c1-2-4-12-16-11-6-3-5-10(15)13(11)14(18)17(12)9-7-8-9;13-9-3-1-2-8(6-9)4-5-10-11(14)16-7-17-12(10)15/h3,5-6,9H,2,4,7-8H2,1H3;1-3,6-7H,13H2,(H4,14,15,16,17). The number of nitrogen functional groups attached to an aromatic ring is 3. The molecule has 0 radical (unpaired) electrons. The number of fused-ring (bicyclic) bond motifs is 1. The normalized spacial score (nSPS) is 12.4. The van der Waals surface area contributed by atoms with E-state index >= 15 is 0 Å². The second kappa shape index (κ2) is 10.5. The predicted molar refractivity (Wildman–Crippen MR) is 141 cm³/mol. The monoisotopic (exact) mass is 487 g/mol. The van der Waals surface area contributed by atoms with Crippen LogP contribution in [0.4, 0.5) is 17.3 Å². The highest BCUT2D eigenvalue weighted by atomic mass is 35.5. The second-order valence-electron chi connectivity index (χ2n) is 8.21. The van der Waals surface area contributed by atoms with Gasteiger partial charge in [0.15, 0.2) is 0 Å². The Hall–Kier alpha value is -4.09. The van der Waals surface area contributed by atoms with E-state index in [-0.39, 0.29) is 17.2 Å². The second-order valence-corrected chi connectivity index (χ2v) is 8.62. The van der Waals surface area contributed by atoms with Gasteiger partial charge in [0.1, 0.15) is 29.4 Å². The lowest BCUT2D eigenvalue weighted by molar-refractivity contribution is 0.631. The third-order valence-corrected chi connectivity index (χ3v) is 5.78. The van der Waals surface area contributed by atoms with Gasteiger partial charge in [-0.1, -0.05) is 42.5 Å². The summed E-state index contributed by atoms with van der Waals surface area (Å²) in [5, 5.41) is 1.06. The average Bonchev–Trinajstić information content (AvgIpc) is 3.65. The van der Waals surface area contributed by atoms with E-state index in [2.05, 4.69) is 33.7 Å². The first-order valence-corrected chi connectivity index (χ1v) is 11.7. The molecule has 9 heteroatoms. The van der Waals surface area contributed by atoms with Crippen molar-refractivity contribution in [2.45, 2.75) is 38.6 Å². The van der Waals surface area contributed by atoms with Crippen LogP contribution in [0, 0.1) is 11.8 Å². The summed E-state index contributed by atoms with van der Waals surface area (Å²) in [7, 11) is 0. The lowest BCUT2D eigenvalue weighted by Gasteiger charge is -2.12. The van der Waals surface area contributed by atoms with Crippen molar-refractivity contribution in [1.82, 2.24) is 19.5 Å². The lowest BCUT2D eigenvalue weighted by Crippen LogP contribution is -2.24. The van der Waals surface area contributed by atoms with Crippen LogP contribution in [-0.2, 0) is 6.42 Å². The van der Waals surface area contributed by atoms with Crippen LogP contribution in [0.25, 0.3) is 10.9 Å². The maximum Gasteiger partial charge on any atom is 0.263 e. The number of aryl methyl sites for hydroxylation is 1. The van der Waals surface area contributed by atoms with Gasteiger partial charge in [0.2, 0.25) is 0 Å². The van der Waals surface area contributed by atoms with E-state index in [4.69, 9.17) is 28.8 Å². The maximum absolute atomic E-state index is 12.6. The molecule has 2 heterocycles. The first kappa shape index (κ1) is 24.0. The number of halogens is 1. The molecule has 1 aliphatic carbocycles. The SMILES string of the molecule is CCCc1nc2cccc(Cl)c2c(=O)n1C1CC1.Nc1cccc(C#Cc2c(N)ncnc2N)c1. The summed E-state index contributed by atoms with van der Waals surface area (Å²) in [4.78, 5) is 24.8. The van der Waals surface area contributed by atoms with Crippen LogP contribution >= 0.6 is 11.6 Å². The van der Waals surface area contributed by atoms with E-state index in [1.807, 2.05) is 28.8 Å². The molecule has 0 bridgehead atoms. The molecular formula is C26H26ClN7O. The highest BCUT2D eigenvalue weighted by Crippen LogP contribution is 2.35. The summed E-state index contributed by atoms with van der Waals surface area (Å²) in [6.45, 7) is 2.10. The molecule has 4 aromatic rings. The Morgan fingerprint density at radius 1 is 1.06 bits per heavy atom. The number of anilines is 3. The minimum Gasteiger partial charge on any atom is -0.399 e. The number of nitrogens with zero attached hydrogens (tertiary/aromatic N) is 4. The van der Waals surface area contributed by atoms with Crippen molar-refractivity contribution in [2.75, 3.05) is 17.2 Å². The Bertz CT molecular complexity index is 1480. The molecule has 0 saturated heterocycles. The quantitative estimate of drug-likeness (QED) is 0.293. The van der Waals surface area contributed by atoms with Gasteiger partial charge in [0.25, 0.3) is 5.56 Å². The van der Waals surface area contributed by atoms with E-state index in [1.54, 1.807) is 18.2 Å². The van der Waals surface area contributed by atoms with Crippen molar-refractivity contribution in [3.63, 3.8) is 0 Å². The molecular weight excluding hydrogens is 462 g/mol. The molecule has 2 aromatic heterocycles. The van der Waals surface area contributed by atoms with Crippen molar-refractivity contribution in [3.8, 4) is 11.8 Å². The van der Waals surface area contributed by atoms with Crippen LogP contribution in [-0.4, -0.2) is 19.5 Å². The molecule has 178 valence electrons. The molecule has 8 nitrogen and oxygen atoms in total. The summed E-state index contributed by atoms with van der Waals surface area (Å²) >= 11 is 6.14. The fourth-order valence-corrected chi connectivity index (χ4v) is 3.90. The average molecular weight is 488 g/mol. The van der Waals surface area contributed by atoms with Gasteiger partial charge in [-0.05, 0) is 49.6 Å². The van der Waals surface area contributed by atoms with Crippen molar-refractivity contribution in [3.05, 3.63) is 81.1 Å². The molecule has 0 aliphatic heterocycles. The molecule has 0 unspecified atom stereocenters. The van der Waals surface area contributed by atoms with Gasteiger partial charge in [0, 0.05) is 23.7 Å². The van der Waals surface area contributed by atoms with Gasteiger partial charge < -0.3 is 17.2 Å². The van der Waals surface area contributed by atoms with Gasteiger partial charge >= 0.3 is 0 Å². The summed E-state index contributed by atoms with van der Waals surface area (Å²) in [5.41, 5.74) is 19.6. The van der Waals surface area contributed by atoms with E-state index in [9.17, 15) is 4.79 Å². The fourth-order valence-electron chi connectivity index (χ4n) is 3.65. The first-order valence-electron chi connectivity index (χ1n) is 11.3. The zero-order valence-electron chi connectivity index (χ0n) is 19.3. The van der Waals surface area contributed by atoms with Gasteiger partial charge in [-0.2, -0.15) is 0 Å². The van der Waals surface area contributed by atoms with Crippen LogP contribution in [0.3, 0.4) is 0 Å². The number of aromatic nitrogens is 4. The van der Waals surface area contributed by atoms with Crippen molar-refractivity contribution < 1.29 is 0 Å². The van der Waals surface area contributed by atoms with E-state index in [1.165, 1.54) is 6.33 Å². The molecule has 35 heavy (non-hydrogen) atoms. The summed E-state index contributed by atoms with van der Waals surface area (Å²) in [6, 6.07) is 13.0. The topological polar surface area (TPSA) is 139 Å². The molecule has 5 rings (SSSR count). The van der Waals surface area contributed by atoms with Crippen molar-refractivity contribution in [1.29, 1.82) is 0 Å². The Kier molecular flexibility index (Phi) is 7.18. The zero-order chi connectivity index (χ0) is 24.9. The smallest absolute Gasteiger partial charge is 0.263 e. The number of nitrogens with two attached hydrogens (primary N) is 3. The Morgan fingerprint density at radius 2 is 1.77 bits per heavy atom. The molecule has 0 amide bonds. The molecule has 1 saturated carbocycles. The number of hydrogen-bond acceptors (Lipinski definition) is 7. The first-order chi connectivity index (χ1) is 16.9.